The Morgan fingerprint density at radius 1 is 1.75 bits per heavy atom. The Bertz CT molecular complexity index is 269. The van der Waals surface area contributed by atoms with Crippen LogP contribution in [0.1, 0.15) is 12.6 Å². The molecular formula is C7H10N2O3. The van der Waals surface area contributed by atoms with Crippen molar-refractivity contribution in [3.63, 3.8) is 0 Å². The summed E-state index contributed by atoms with van der Waals surface area (Å²) in [6.45, 7) is 3.75. The largest absolute Gasteiger partial charge is 0.515 e. The molecule has 1 rings (SSSR count). The van der Waals surface area contributed by atoms with Gasteiger partial charge in [0.2, 0.25) is 5.88 Å². The predicted molar refractivity (Wildman–Crippen MR) is 41.0 cm³/mol. The SMILES string of the molecule is CCOC(=O)Oc1nc[nH]c1C. The van der Waals surface area contributed by atoms with Crippen LogP contribution in [0.3, 0.4) is 0 Å². The Hall–Kier alpha value is -1.52. The van der Waals surface area contributed by atoms with Gasteiger partial charge < -0.3 is 14.5 Å². The van der Waals surface area contributed by atoms with Crippen molar-refractivity contribution in [3.05, 3.63) is 12.0 Å². The van der Waals surface area contributed by atoms with E-state index in [9.17, 15) is 4.79 Å². The highest BCUT2D eigenvalue weighted by atomic mass is 16.7. The van der Waals surface area contributed by atoms with Crippen molar-refractivity contribution in [3.8, 4) is 5.88 Å². The smallest absolute Gasteiger partial charge is 0.434 e. The molecule has 0 saturated carbocycles. The molecule has 0 saturated heterocycles. The molecule has 1 heterocycles. The molecule has 5 heteroatoms. The third kappa shape index (κ3) is 1.98. The van der Waals surface area contributed by atoms with Crippen molar-refractivity contribution in [2.24, 2.45) is 0 Å². The third-order valence-electron chi connectivity index (χ3n) is 1.23. The maximum absolute atomic E-state index is 10.8. The number of nitrogens with zero attached hydrogens (tertiary/aromatic N) is 1. The van der Waals surface area contributed by atoms with Crippen LogP contribution in [0.25, 0.3) is 0 Å². The first-order valence-corrected chi connectivity index (χ1v) is 3.58. The highest BCUT2D eigenvalue weighted by molar-refractivity contribution is 5.63. The molecule has 12 heavy (non-hydrogen) atoms. The number of rotatable bonds is 2. The normalized spacial score (nSPS) is 9.50. The Morgan fingerprint density at radius 2 is 2.50 bits per heavy atom. The molecule has 0 aliphatic heterocycles. The van der Waals surface area contributed by atoms with Crippen molar-refractivity contribution in [2.75, 3.05) is 6.61 Å². The molecule has 0 fully saturated rings. The van der Waals surface area contributed by atoms with Crippen LogP contribution in [0.4, 0.5) is 4.79 Å². The van der Waals surface area contributed by atoms with E-state index in [4.69, 9.17) is 4.74 Å². The number of imidazole rings is 1. The minimum absolute atomic E-state index is 0.258. The Balaban J connectivity index is 2.52. The summed E-state index contributed by atoms with van der Waals surface area (Å²) >= 11 is 0. The number of carbonyl (C=O) groups excluding carboxylic acids is 1. The highest BCUT2D eigenvalue weighted by Gasteiger charge is 2.08. The lowest BCUT2D eigenvalue weighted by molar-refractivity contribution is 0.102. The van der Waals surface area contributed by atoms with Crippen LogP contribution in [0.2, 0.25) is 0 Å². The van der Waals surface area contributed by atoms with E-state index in [2.05, 4.69) is 14.7 Å². The van der Waals surface area contributed by atoms with Crippen LogP contribution < -0.4 is 4.74 Å². The topological polar surface area (TPSA) is 64.2 Å². The lowest BCUT2D eigenvalue weighted by atomic mass is 10.5. The molecule has 1 aromatic rings. The van der Waals surface area contributed by atoms with Gasteiger partial charge in [0.05, 0.1) is 18.6 Å². The van der Waals surface area contributed by atoms with Crippen molar-refractivity contribution in [2.45, 2.75) is 13.8 Å². The first-order chi connectivity index (χ1) is 5.74. The lowest BCUT2D eigenvalue weighted by Crippen LogP contribution is -2.10. The van der Waals surface area contributed by atoms with E-state index in [1.54, 1.807) is 13.8 Å². The second-order valence-corrected chi connectivity index (χ2v) is 2.12. The minimum atomic E-state index is -0.729. The summed E-state index contributed by atoms with van der Waals surface area (Å²) in [4.78, 5) is 17.3. The van der Waals surface area contributed by atoms with E-state index >= 15 is 0 Å². The van der Waals surface area contributed by atoms with Crippen LogP contribution >= 0.6 is 0 Å². The summed E-state index contributed by atoms with van der Waals surface area (Å²) in [5.74, 6) is 0.258. The maximum Gasteiger partial charge on any atom is 0.515 e. The molecule has 66 valence electrons. The zero-order valence-electron chi connectivity index (χ0n) is 6.96. The van der Waals surface area contributed by atoms with Gasteiger partial charge in [0.25, 0.3) is 0 Å². The summed E-state index contributed by atoms with van der Waals surface area (Å²) in [6, 6.07) is 0. The zero-order chi connectivity index (χ0) is 8.97. The number of hydrogen-bond donors (Lipinski definition) is 1. The number of H-pyrrole nitrogens is 1. The first kappa shape index (κ1) is 8.58. The van der Waals surface area contributed by atoms with Crippen LogP contribution in [-0.2, 0) is 4.74 Å². The van der Waals surface area contributed by atoms with Gasteiger partial charge in [0.15, 0.2) is 0 Å². The number of ether oxygens (including phenoxy) is 2. The number of aromatic amines is 1. The van der Waals surface area contributed by atoms with Crippen molar-refractivity contribution < 1.29 is 14.3 Å². The van der Waals surface area contributed by atoms with Gasteiger partial charge in [-0.2, -0.15) is 0 Å². The van der Waals surface area contributed by atoms with Crippen molar-refractivity contribution in [1.29, 1.82) is 0 Å². The number of nitrogens with one attached hydrogen (secondary N) is 1. The van der Waals surface area contributed by atoms with Crippen molar-refractivity contribution in [1.82, 2.24) is 9.97 Å². The summed E-state index contributed by atoms with van der Waals surface area (Å²) < 4.78 is 9.28. The number of aromatic nitrogens is 2. The zero-order valence-corrected chi connectivity index (χ0v) is 6.96. The summed E-state index contributed by atoms with van der Waals surface area (Å²) in [5.41, 5.74) is 0.697. The van der Waals surface area contributed by atoms with Gasteiger partial charge in [0.1, 0.15) is 0 Å². The van der Waals surface area contributed by atoms with Gasteiger partial charge in [-0.1, -0.05) is 0 Å². The maximum atomic E-state index is 10.8. The highest BCUT2D eigenvalue weighted by Crippen LogP contribution is 2.10. The molecule has 0 radical (unpaired) electrons. The Morgan fingerprint density at radius 3 is 3.00 bits per heavy atom. The first-order valence-electron chi connectivity index (χ1n) is 3.58. The van der Waals surface area contributed by atoms with Gasteiger partial charge in [-0.05, 0) is 13.8 Å². The van der Waals surface area contributed by atoms with Gasteiger partial charge in [-0.15, -0.1) is 0 Å². The molecule has 0 aliphatic carbocycles. The number of hydrogen-bond acceptors (Lipinski definition) is 4. The fourth-order valence-corrected chi connectivity index (χ4v) is 0.675. The van der Waals surface area contributed by atoms with Crippen LogP contribution in [-0.4, -0.2) is 22.7 Å². The molecule has 1 aromatic heterocycles. The monoisotopic (exact) mass is 170 g/mol. The van der Waals surface area contributed by atoms with Gasteiger partial charge in [0, 0.05) is 0 Å². The van der Waals surface area contributed by atoms with E-state index < -0.39 is 6.16 Å². The second-order valence-electron chi connectivity index (χ2n) is 2.12. The van der Waals surface area contributed by atoms with E-state index in [1.165, 1.54) is 6.33 Å². The van der Waals surface area contributed by atoms with E-state index in [0.29, 0.717) is 12.3 Å². The molecule has 0 amide bonds. The van der Waals surface area contributed by atoms with Crippen LogP contribution in [0, 0.1) is 6.92 Å². The Labute approximate surface area is 69.7 Å². The van der Waals surface area contributed by atoms with Crippen molar-refractivity contribution >= 4 is 6.16 Å². The molecule has 0 atom stereocenters. The van der Waals surface area contributed by atoms with E-state index in [0.717, 1.165) is 0 Å². The molecule has 0 unspecified atom stereocenters. The summed E-state index contributed by atoms with van der Waals surface area (Å²) in [6.07, 6.45) is 0.719. The van der Waals surface area contributed by atoms with E-state index in [-0.39, 0.29) is 5.88 Å². The molecule has 0 spiro atoms. The average Bonchev–Trinajstić information content (AvgIpc) is 2.37. The molecule has 5 nitrogen and oxygen atoms in total. The number of aryl methyl sites for hydroxylation is 1. The fraction of sp³-hybridized carbons (Fsp3) is 0.429. The molecule has 0 bridgehead atoms. The van der Waals surface area contributed by atoms with Gasteiger partial charge >= 0.3 is 6.16 Å². The quantitative estimate of drug-likeness (QED) is 0.678. The lowest BCUT2D eigenvalue weighted by Gasteiger charge is -2.00. The third-order valence-corrected chi connectivity index (χ3v) is 1.23. The molecule has 1 N–H and O–H groups in total. The van der Waals surface area contributed by atoms with E-state index in [1.807, 2.05) is 0 Å². The fourth-order valence-electron chi connectivity index (χ4n) is 0.675. The van der Waals surface area contributed by atoms with Crippen LogP contribution in [0.15, 0.2) is 6.33 Å². The Kier molecular flexibility index (Phi) is 2.68. The molecule has 0 aromatic carbocycles. The summed E-state index contributed by atoms with van der Waals surface area (Å²) in [7, 11) is 0. The molecular weight excluding hydrogens is 160 g/mol. The number of carbonyl (C=O) groups is 1. The molecule has 0 aliphatic rings. The summed E-state index contributed by atoms with van der Waals surface area (Å²) in [5, 5.41) is 0. The second kappa shape index (κ2) is 3.75. The predicted octanol–water partition coefficient (Wildman–Crippen LogP) is 1.25. The minimum Gasteiger partial charge on any atom is -0.434 e. The average molecular weight is 170 g/mol. The standard InChI is InChI=1S/C7H10N2O3/c1-3-11-7(10)12-6-5(2)8-4-9-6/h4H,3H2,1-2H3,(H,8,9). The van der Waals surface area contributed by atoms with Gasteiger partial charge in [-0.25, -0.2) is 9.78 Å². The van der Waals surface area contributed by atoms with Gasteiger partial charge in [-0.3, -0.25) is 0 Å². The van der Waals surface area contributed by atoms with Crippen LogP contribution in [0.5, 0.6) is 5.88 Å².